The van der Waals surface area contributed by atoms with Crippen LogP contribution in [-0.2, 0) is 6.54 Å². The van der Waals surface area contributed by atoms with E-state index in [1.807, 2.05) is 31.3 Å². The number of aromatic amines is 1. The number of alkyl halides is 2. The van der Waals surface area contributed by atoms with Crippen LogP contribution in [0, 0.1) is 6.92 Å². The highest BCUT2D eigenvalue weighted by molar-refractivity contribution is 5.84. The maximum atomic E-state index is 12.6. The molecule has 1 N–H and O–H groups in total. The number of hydrogen-bond acceptors (Lipinski definition) is 5. The van der Waals surface area contributed by atoms with E-state index in [0.717, 1.165) is 33.4 Å². The third-order valence-corrected chi connectivity index (χ3v) is 4.76. The number of H-pyrrole nitrogens is 1. The highest BCUT2D eigenvalue weighted by Crippen LogP contribution is 2.25. The zero-order chi connectivity index (χ0) is 20.7. The average Bonchev–Trinajstić information content (AvgIpc) is 3.47. The Morgan fingerprint density at radius 1 is 1.00 bits per heavy atom. The van der Waals surface area contributed by atoms with Crippen LogP contribution in [-0.4, -0.2) is 30.2 Å². The van der Waals surface area contributed by atoms with Crippen molar-refractivity contribution < 1.29 is 13.2 Å². The van der Waals surface area contributed by atoms with Crippen LogP contribution in [0.3, 0.4) is 0 Å². The smallest absolute Gasteiger partial charge is 0.314 e. The van der Waals surface area contributed by atoms with E-state index in [9.17, 15) is 8.78 Å². The minimum atomic E-state index is -2.78. The number of nitrogens with zero attached hydrogens (tertiary/aromatic N) is 5. The van der Waals surface area contributed by atoms with Gasteiger partial charge in [0.25, 0.3) is 5.89 Å². The van der Waals surface area contributed by atoms with Gasteiger partial charge in [0.1, 0.15) is 5.69 Å². The molecular formula is C21H16F2N6O. The quantitative estimate of drug-likeness (QED) is 0.454. The van der Waals surface area contributed by atoms with Gasteiger partial charge >= 0.3 is 6.43 Å². The first-order chi connectivity index (χ1) is 14.5. The normalized spacial score (nSPS) is 11.6. The maximum absolute atomic E-state index is 12.6. The summed E-state index contributed by atoms with van der Waals surface area (Å²) in [6.45, 7) is 2.54. The van der Waals surface area contributed by atoms with Crippen molar-refractivity contribution in [2.75, 3.05) is 0 Å². The van der Waals surface area contributed by atoms with Crippen molar-refractivity contribution in [1.29, 1.82) is 0 Å². The average molecular weight is 406 g/mol. The van der Waals surface area contributed by atoms with Crippen LogP contribution in [0.4, 0.5) is 8.78 Å². The van der Waals surface area contributed by atoms with Crippen molar-refractivity contribution in [3.8, 4) is 22.7 Å². The van der Waals surface area contributed by atoms with Gasteiger partial charge in [-0.3, -0.25) is 0 Å². The summed E-state index contributed by atoms with van der Waals surface area (Å²) < 4.78 is 31.9. The summed E-state index contributed by atoms with van der Waals surface area (Å²) in [4.78, 5) is 3.33. The SMILES string of the molecule is Cc1cc2ccc(-c3cn(Cc4ccc(-c5nnc(C(F)F)o5)cc4)nn3)cc2[nH]1. The lowest BCUT2D eigenvalue weighted by Gasteiger charge is -2.02. The summed E-state index contributed by atoms with van der Waals surface area (Å²) in [6, 6.07) is 15.5. The first kappa shape index (κ1) is 18.2. The fourth-order valence-corrected chi connectivity index (χ4v) is 3.32. The van der Waals surface area contributed by atoms with Crippen molar-refractivity contribution in [3.05, 3.63) is 71.9 Å². The molecule has 150 valence electrons. The molecule has 30 heavy (non-hydrogen) atoms. The predicted octanol–water partition coefficient (Wildman–Crippen LogP) is 4.77. The predicted molar refractivity (Wildman–Crippen MR) is 106 cm³/mol. The molecule has 0 aliphatic carbocycles. The summed E-state index contributed by atoms with van der Waals surface area (Å²) in [6.07, 6.45) is -0.897. The van der Waals surface area contributed by atoms with E-state index in [2.05, 4.69) is 43.7 Å². The molecule has 2 aromatic carbocycles. The molecule has 9 heteroatoms. The van der Waals surface area contributed by atoms with Crippen molar-refractivity contribution >= 4 is 10.9 Å². The molecule has 0 amide bonds. The van der Waals surface area contributed by atoms with Gasteiger partial charge in [-0.15, -0.1) is 15.3 Å². The van der Waals surface area contributed by atoms with Crippen LogP contribution in [0.5, 0.6) is 0 Å². The van der Waals surface area contributed by atoms with Crippen molar-refractivity contribution in [3.63, 3.8) is 0 Å². The molecule has 0 spiro atoms. The van der Waals surface area contributed by atoms with Gasteiger partial charge in [-0.05, 0) is 42.1 Å². The van der Waals surface area contributed by atoms with Crippen LogP contribution < -0.4 is 0 Å². The lowest BCUT2D eigenvalue weighted by Crippen LogP contribution is -2.00. The van der Waals surface area contributed by atoms with Gasteiger partial charge in [-0.2, -0.15) is 8.78 Å². The van der Waals surface area contributed by atoms with Crippen molar-refractivity contribution in [1.82, 2.24) is 30.2 Å². The summed E-state index contributed by atoms with van der Waals surface area (Å²) in [7, 11) is 0. The zero-order valence-corrected chi connectivity index (χ0v) is 15.9. The molecule has 0 radical (unpaired) electrons. The number of aryl methyl sites for hydroxylation is 1. The lowest BCUT2D eigenvalue weighted by molar-refractivity contribution is 0.116. The van der Waals surface area contributed by atoms with Crippen LogP contribution in [0.1, 0.15) is 23.6 Å². The van der Waals surface area contributed by atoms with Gasteiger partial charge in [0.2, 0.25) is 5.89 Å². The molecule has 0 saturated heterocycles. The molecule has 0 aliphatic rings. The highest BCUT2D eigenvalue weighted by Gasteiger charge is 2.17. The molecule has 3 aromatic heterocycles. The highest BCUT2D eigenvalue weighted by atomic mass is 19.3. The second-order valence-electron chi connectivity index (χ2n) is 7.00. The number of hydrogen-bond donors (Lipinski definition) is 1. The fourth-order valence-electron chi connectivity index (χ4n) is 3.32. The number of aromatic nitrogens is 6. The second-order valence-corrected chi connectivity index (χ2v) is 7.00. The van der Waals surface area contributed by atoms with Crippen molar-refractivity contribution in [2.45, 2.75) is 19.9 Å². The standard InChI is InChI=1S/C21H16F2N6O/c1-12-8-15-6-7-16(9-17(15)24-12)18-11-29(28-25-18)10-13-2-4-14(5-3-13)20-26-27-21(30-20)19(22)23/h2-9,11,19,24H,10H2,1H3. The van der Waals surface area contributed by atoms with Gasteiger partial charge in [0.05, 0.1) is 12.7 Å². The van der Waals surface area contributed by atoms with E-state index < -0.39 is 12.3 Å². The minimum absolute atomic E-state index is 0.0647. The topological polar surface area (TPSA) is 85.4 Å². The van der Waals surface area contributed by atoms with Crippen molar-refractivity contribution in [2.24, 2.45) is 0 Å². The van der Waals surface area contributed by atoms with Gasteiger partial charge in [-0.1, -0.05) is 29.5 Å². The second kappa shape index (κ2) is 7.18. The number of benzene rings is 2. The summed E-state index contributed by atoms with van der Waals surface area (Å²) >= 11 is 0. The molecule has 0 saturated carbocycles. The van der Waals surface area contributed by atoms with E-state index in [0.29, 0.717) is 12.1 Å². The Bertz CT molecular complexity index is 1320. The van der Waals surface area contributed by atoms with Gasteiger partial charge in [-0.25, -0.2) is 4.68 Å². The van der Waals surface area contributed by atoms with Gasteiger partial charge in [0.15, 0.2) is 0 Å². The van der Waals surface area contributed by atoms with E-state index in [1.54, 1.807) is 16.8 Å². The minimum Gasteiger partial charge on any atom is -0.415 e. The van der Waals surface area contributed by atoms with Gasteiger partial charge in [0, 0.05) is 22.3 Å². The Hall–Kier alpha value is -3.88. The molecule has 3 heterocycles. The van der Waals surface area contributed by atoms with Crippen LogP contribution in [0.2, 0.25) is 0 Å². The maximum Gasteiger partial charge on any atom is 0.314 e. The fraction of sp³-hybridized carbons (Fsp3) is 0.143. The Labute approximate surface area is 169 Å². The molecule has 5 rings (SSSR count). The Balaban J connectivity index is 1.33. The van der Waals surface area contributed by atoms with Gasteiger partial charge < -0.3 is 9.40 Å². The number of rotatable bonds is 5. The van der Waals surface area contributed by atoms with E-state index in [1.165, 1.54) is 0 Å². The van der Waals surface area contributed by atoms with Crippen LogP contribution in [0.25, 0.3) is 33.6 Å². The molecule has 0 unspecified atom stereocenters. The third-order valence-electron chi connectivity index (χ3n) is 4.76. The molecule has 5 aromatic rings. The lowest BCUT2D eigenvalue weighted by atomic mass is 10.1. The number of fused-ring (bicyclic) bond motifs is 1. The number of halogens is 2. The summed E-state index contributed by atoms with van der Waals surface area (Å²) in [5.74, 6) is -0.619. The Kier molecular flexibility index (Phi) is 4.35. The monoisotopic (exact) mass is 406 g/mol. The first-order valence-electron chi connectivity index (χ1n) is 9.26. The van der Waals surface area contributed by atoms with Crippen LogP contribution >= 0.6 is 0 Å². The first-order valence-corrected chi connectivity index (χ1v) is 9.26. The number of nitrogens with one attached hydrogen (secondary N) is 1. The molecular weight excluding hydrogens is 390 g/mol. The Morgan fingerprint density at radius 3 is 2.57 bits per heavy atom. The molecule has 0 atom stereocenters. The van der Waals surface area contributed by atoms with E-state index in [-0.39, 0.29) is 5.89 Å². The molecule has 7 nitrogen and oxygen atoms in total. The molecule has 0 bridgehead atoms. The largest absolute Gasteiger partial charge is 0.415 e. The summed E-state index contributed by atoms with van der Waals surface area (Å²) in [5, 5.41) is 16.6. The third kappa shape index (κ3) is 3.45. The van der Waals surface area contributed by atoms with E-state index >= 15 is 0 Å². The Morgan fingerprint density at radius 2 is 1.80 bits per heavy atom. The zero-order valence-electron chi connectivity index (χ0n) is 15.9. The summed E-state index contributed by atoms with van der Waals surface area (Å²) in [5.41, 5.74) is 5.49. The van der Waals surface area contributed by atoms with Crippen LogP contribution in [0.15, 0.2) is 59.1 Å². The van der Waals surface area contributed by atoms with E-state index in [4.69, 9.17) is 4.42 Å². The molecule has 0 aliphatic heterocycles. The molecule has 0 fully saturated rings.